The molecular weight excluding hydrogens is 1070 g/mol. The van der Waals surface area contributed by atoms with Crippen LogP contribution in [0.2, 0.25) is 0 Å². The van der Waals surface area contributed by atoms with E-state index < -0.39 is 107 Å². The number of piperidine rings is 1. The van der Waals surface area contributed by atoms with Crippen LogP contribution in [-0.4, -0.2) is 153 Å². The highest BCUT2D eigenvalue weighted by Gasteiger charge is 2.61. The summed E-state index contributed by atoms with van der Waals surface area (Å²) in [5.41, 5.74) is 0.556. The average molecular weight is 1160 g/mol. The van der Waals surface area contributed by atoms with E-state index in [1.807, 2.05) is 76.3 Å². The van der Waals surface area contributed by atoms with Crippen molar-refractivity contribution in [3.8, 4) is 5.75 Å². The molecule has 1 aromatic carbocycles. The van der Waals surface area contributed by atoms with Crippen molar-refractivity contribution in [3.63, 3.8) is 0 Å². The molecule has 2 aliphatic carbocycles. The summed E-state index contributed by atoms with van der Waals surface area (Å²) in [6, 6.07) is 4.48. The smallest absolute Gasteiger partial charge is 0.329 e. The Bertz CT molecular complexity index is 2600. The number of aliphatic hydroxyl groups excluding tert-OH is 1. The summed E-state index contributed by atoms with van der Waals surface area (Å²) < 4.78 is 54.0. The molecule has 2 saturated carbocycles. The number of hydrogen-bond donors (Lipinski definition) is 2. The van der Waals surface area contributed by atoms with Gasteiger partial charge < -0.3 is 57.7 Å². The van der Waals surface area contributed by atoms with Crippen LogP contribution in [0, 0.1) is 47.8 Å². The van der Waals surface area contributed by atoms with Gasteiger partial charge in [0.1, 0.15) is 35.0 Å². The standard InChI is InChI=1S/C65H93NO17/c1-38-18-14-13-15-19-39(2)53(76-10)33-48-24-21-44(7)65(74,82-48)58(70)59(71)66-27-17-16-20-49(66)60(72)83-64(35-50(67)40(3)29-43(6)56(69)57(78-12)55(68)42(5)28-38)34-47(64)31-45-22-25-52(54(32-45)77-11)81-62(73)63(8)36-79-61(80-37-63)46-23-26-51(75-9)41(4)30-46/h13-15,18-19,23,26,29-30,38,42-45,47-49,52-54,56-57,61,69,74H,16-17,20-22,24-25,27-28,31-37H2,1-12H3/b15-13?,18-14?,39-19?,40-29+. The van der Waals surface area contributed by atoms with E-state index in [-0.39, 0.29) is 61.9 Å². The lowest BCUT2D eigenvalue weighted by atomic mass is 9.81. The zero-order chi connectivity index (χ0) is 60.6. The van der Waals surface area contributed by atoms with E-state index in [9.17, 15) is 39.0 Å². The van der Waals surface area contributed by atoms with E-state index >= 15 is 0 Å². The van der Waals surface area contributed by atoms with Crippen LogP contribution < -0.4 is 4.74 Å². The van der Waals surface area contributed by atoms with Crippen molar-refractivity contribution in [2.24, 2.45) is 40.9 Å². The van der Waals surface area contributed by atoms with Crippen molar-refractivity contribution in [3.05, 3.63) is 76.9 Å². The number of Topliss-reactive ketones (excluding diaryl/α,β-unsaturated/α-hetero) is 3. The summed E-state index contributed by atoms with van der Waals surface area (Å²) in [6.07, 6.45) is 11.3. The molecule has 1 spiro atoms. The van der Waals surface area contributed by atoms with Crippen LogP contribution in [0.1, 0.15) is 149 Å². The molecule has 3 saturated heterocycles. The number of ketones is 3. The van der Waals surface area contributed by atoms with Crippen LogP contribution in [-0.2, 0) is 66.7 Å². The molecule has 18 nitrogen and oxygen atoms in total. The van der Waals surface area contributed by atoms with E-state index in [1.54, 1.807) is 55.1 Å². The molecule has 15 unspecified atom stereocenters. The number of carbonyl (C=O) groups is 6. The summed E-state index contributed by atoms with van der Waals surface area (Å²) in [6.45, 7) is 14.7. The third kappa shape index (κ3) is 15.6. The molecule has 460 valence electrons. The van der Waals surface area contributed by atoms with E-state index in [4.69, 9.17) is 42.6 Å². The summed E-state index contributed by atoms with van der Waals surface area (Å²) >= 11 is 0. The van der Waals surface area contributed by atoms with Crippen molar-refractivity contribution < 1.29 is 81.6 Å². The van der Waals surface area contributed by atoms with Gasteiger partial charge in [-0.05, 0) is 139 Å². The van der Waals surface area contributed by atoms with Gasteiger partial charge in [-0.2, -0.15) is 0 Å². The number of esters is 2. The number of aryl methyl sites for hydroxylation is 1. The minimum Gasteiger partial charge on any atom is -0.496 e. The van der Waals surface area contributed by atoms with Gasteiger partial charge in [-0.3, -0.25) is 24.0 Å². The van der Waals surface area contributed by atoms with Crippen molar-refractivity contribution in [2.75, 3.05) is 48.2 Å². The molecule has 6 aliphatic rings. The molecule has 4 aliphatic heterocycles. The maximum absolute atomic E-state index is 14.8. The second-order valence-corrected chi connectivity index (χ2v) is 25.1. The van der Waals surface area contributed by atoms with Crippen molar-refractivity contribution in [1.82, 2.24) is 4.90 Å². The number of hydrogen-bond acceptors (Lipinski definition) is 17. The third-order valence-electron chi connectivity index (χ3n) is 18.6. The normalized spacial score (nSPS) is 38.4. The second-order valence-electron chi connectivity index (χ2n) is 25.1. The quantitative estimate of drug-likeness (QED) is 0.174. The summed E-state index contributed by atoms with van der Waals surface area (Å²) in [5, 5.41) is 23.7. The average Bonchev–Trinajstić information content (AvgIpc) is 2.29. The van der Waals surface area contributed by atoms with Gasteiger partial charge in [-0.25, -0.2) is 4.79 Å². The van der Waals surface area contributed by atoms with Gasteiger partial charge in [0.15, 0.2) is 17.9 Å². The topological polar surface area (TPSA) is 229 Å². The molecule has 5 fully saturated rings. The van der Waals surface area contributed by atoms with Gasteiger partial charge in [-0.15, -0.1) is 0 Å². The maximum Gasteiger partial charge on any atom is 0.329 e. The molecule has 1 aromatic rings. The summed E-state index contributed by atoms with van der Waals surface area (Å²) in [5.74, 6) is -7.88. The Morgan fingerprint density at radius 3 is 2.24 bits per heavy atom. The van der Waals surface area contributed by atoms with Gasteiger partial charge in [0.25, 0.3) is 11.7 Å². The van der Waals surface area contributed by atoms with Crippen molar-refractivity contribution in [2.45, 2.75) is 199 Å². The lowest BCUT2D eigenvalue weighted by Crippen LogP contribution is -2.61. The van der Waals surface area contributed by atoms with E-state index in [1.165, 1.54) is 12.0 Å². The van der Waals surface area contributed by atoms with Crippen LogP contribution in [0.4, 0.5) is 0 Å². The first-order valence-corrected chi connectivity index (χ1v) is 30.0. The maximum atomic E-state index is 14.8. The second kappa shape index (κ2) is 28.5. The predicted molar refractivity (Wildman–Crippen MR) is 307 cm³/mol. The van der Waals surface area contributed by atoms with Crippen LogP contribution in [0.15, 0.2) is 65.8 Å². The SMILES string of the molecule is COc1ccc(C2OCC(C)(C(=O)OC3CCC(CC4CC45CC(=O)/C(C)=C/C(C)C(O)C(OC)C(=O)C(C)CC(C)C=CC=CC=C(C)C(OC)CC4CCC(C)C(O)(O4)C(=O)C(=O)N4CCCCC4C(=O)O5)CC3OC)CO2)cc1C. The first-order chi connectivity index (χ1) is 39.4. The fourth-order valence-electron chi connectivity index (χ4n) is 13.0. The van der Waals surface area contributed by atoms with Crippen LogP contribution in [0.5, 0.6) is 5.75 Å². The molecule has 0 aromatic heterocycles. The fourth-order valence-corrected chi connectivity index (χ4v) is 13.0. The molecule has 0 radical (unpaired) electrons. The number of aliphatic hydroxyl groups is 2. The number of fused-ring (bicyclic) bond motifs is 3. The Labute approximate surface area is 491 Å². The van der Waals surface area contributed by atoms with E-state index in [0.717, 1.165) is 22.4 Å². The molecule has 2 N–H and O–H groups in total. The zero-order valence-corrected chi connectivity index (χ0v) is 51.1. The van der Waals surface area contributed by atoms with Gasteiger partial charge in [-0.1, -0.05) is 70.2 Å². The Hall–Kier alpha value is -4.92. The number of benzene rings is 1. The molecule has 2 bridgehead atoms. The van der Waals surface area contributed by atoms with Crippen LogP contribution in [0.25, 0.3) is 0 Å². The fraction of sp³-hybridized carbons (Fsp3) is 0.692. The van der Waals surface area contributed by atoms with Gasteiger partial charge in [0.05, 0.1) is 51.2 Å². The largest absolute Gasteiger partial charge is 0.496 e. The molecule has 18 heteroatoms. The first-order valence-electron chi connectivity index (χ1n) is 30.0. The highest BCUT2D eigenvalue weighted by Crippen LogP contribution is 2.55. The third-order valence-corrected chi connectivity index (χ3v) is 18.6. The van der Waals surface area contributed by atoms with Gasteiger partial charge >= 0.3 is 11.9 Å². The van der Waals surface area contributed by atoms with Crippen LogP contribution in [0.3, 0.4) is 0 Å². The summed E-state index contributed by atoms with van der Waals surface area (Å²) in [4.78, 5) is 87.2. The number of rotatable bonds is 9. The minimum absolute atomic E-state index is 0.000304. The van der Waals surface area contributed by atoms with Gasteiger partial charge in [0.2, 0.25) is 5.79 Å². The molecule has 7 rings (SSSR count). The Kier molecular flexibility index (Phi) is 22.5. The zero-order valence-electron chi connectivity index (χ0n) is 51.1. The molecule has 4 heterocycles. The number of allylic oxidation sites excluding steroid dienone is 6. The van der Waals surface area contributed by atoms with Crippen LogP contribution >= 0.6 is 0 Å². The Morgan fingerprint density at radius 2 is 1.57 bits per heavy atom. The van der Waals surface area contributed by atoms with Crippen molar-refractivity contribution in [1.29, 1.82) is 0 Å². The minimum atomic E-state index is -2.46. The van der Waals surface area contributed by atoms with E-state index in [2.05, 4.69) is 0 Å². The molecule has 15 atom stereocenters. The van der Waals surface area contributed by atoms with E-state index in [0.29, 0.717) is 76.2 Å². The Morgan fingerprint density at radius 1 is 0.831 bits per heavy atom. The Balaban J connectivity index is 1.10. The number of nitrogens with zero attached hydrogens (tertiary/aromatic N) is 1. The summed E-state index contributed by atoms with van der Waals surface area (Å²) in [7, 11) is 6.15. The predicted octanol–water partition coefficient (Wildman–Crippen LogP) is 8.55. The highest BCUT2D eigenvalue weighted by atomic mass is 16.7. The first kappa shape index (κ1) is 65.6. The number of carbonyl (C=O) groups excluding carboxylic acids is 6. The van der Waals surface area contributed by atoms with Crippen molar-refractivity contribution >= 4 is 35.2 Å². The number of methoxy groups -OCH3 is 4. The lowest BCUT2D eigenvalue weighted by Gasteiger charge is -2.42. The number of ether oxygens (including phenoxy) is 9. The van der Waals surface area contributed by atoms with Gasteiger partial charge in [0, 0.05) is 63.5 Å². The molecular formula is C65H93NO17. The molecule has 1 amide bonds. The monoisotopic (exact) mass is 1160 g/mol. The highest BCUT2D eigenvalue weighted by molar-refractivity contribution is 6.39. The molecule has 83 heavy (non-hydrogen) atoms. The number of amides is 1. The lowest BCUT2D eigenvalue weighted by molar-refractivity contribution is -0.265.